The number of nitrogens with one attached hydrogen (secondary N) is 1. The molecule has 3 aliphatic rings. The van der Waals surface area contributed by atoms with Crippen molar-refractivity contribution in [2.75, 3.05) is 81.0 Å². The second-order valence-corrected chi connectivity index (χ2v) is 10.3. The zero-order valence-corrected chi connectivity index (χ0v) is 22.3. The van der Waals surface area contributed by atoms with Crippen molar-refractivity contribution in [2.45, 2.75) is 12.5 Å². The Hall–Kier alpha value is -3.82. The summed E-state index contributed by atoms with van der Waals surface area (Å²) in [7, 11) is 1.70. The van der Waals surface area contributed by atoms with Crippen LogP contribution >= 0.6 is 0 Å². The van der Waals surface area contributed by atoms with Crippen LogP contribution in [-0.2, 0) is 15.9 Å². The van der Waals surface area contributed by atoms with Gasteiger partial charge in [-0.2, -0.15) is 9.97 Å². The molecule has 0 spiro atoms. The zero-order valence-electron chi connectivity index (χ0n) is 22.3. The first kappa shape index (κ1) is 24.2. The van der Waals surface area contributed by atoms with Gasteiger partial charge in [-0.1, -0.05) is 30.3 Å². The maximum Gasteiger partial charge on any atom is 0.230 e. The summed E-state index contributed by atoms with van der Waals surface area (Å²) in [6.45, 7) is 6.97. The molecule has 0 bridgehead atoms. The molecule has 7 rings (SSSR count). The highest BCUT2D eigenvalue weighted by Gasteiger charge is 2.34. The van der Waals surface area contributed by atoms with Crippen LogP contribution in [0.4, 0.5) is 17.6 Å². The molecular formula is C30H34N6O3. The summed E-state index contributed by atoms with van der Waals surface area (Å²) in [5.74, 6) is 3.52. The van der Waals surface area contributed by atoms with Gasteiger partial charge in [-0.3, -0.25) is 0 Å². The van der Waals surface area contributed by atoms with Crippen molar-refractivity contribution in [2.24, 2.45) is 0 Å². The van der Waals surface area contributed by atoms with Crippen LogP contribution in [0.3, 0.4) is 0 Å². The van der Waals surface area contributed by atoms with E-state index >= 15 is 0 Å². The van der Waals surface area contributed by atoms with Crippen LogP contribution in [0, 0.1) is 0 Å². The van der Waals surface area contributed by atoms with E-state index in [2.05, 4.69) is 62.1 Å². The molecule has 1 N–H and O–H groups in total. The zero-order chi connectivity index (χ0) is 26.2. The van der Waals surface area contributed by atoms with E-state index in [0.29, 0.717) is 26.4 Å². The largest absolute Gasteiger partial charge is 0.497 e. The summed E-state index contributed by atoms with van der Waals surface area (Å²) in [6.07, 6.45) is 0.921. The molecule has 0 aliphatic carbocycles. The third-order valence-electron chi connectivity index (χ3n) is 8.08. The average molecular weight is 527 g/mol. The number of hydrogen-bond acceptors (Lipinski definition) is 8. The third kappa shape index (κ3) is 4.55. The minimum atomic E-state index is -0.0514. The monoisotopic (exact) mass is 526 g/mol. The number of benzene rings is 2. The van der Waals surface area contributed by atoms with Gasteiger partial charge in [0.2, 0.25) is 5.95 Å². The molecule has 0 saturated carbocycles. The van der Waals surface area contributed by atoms with Crippen LogP contribution < -0.4 is 19.4 Å². The van der Waals surface area contributed by atoms with E-state index in [4.69, 9.17) is 24.2 Å². The Morgan fingerprint density at radius 1 is 0.821 bits per heavy atom. The van der Waals surface area contributed by atoms with E-state index in [-0.39, 0.29) is 6.04 Å². The fraction of sp³-hybridized carbons (Fsp3) is 0.400. The number of aromatic nitrogens is 3. The van der Waals surface area contributed by atoms with Crippen molar-refractivity contribution < 1.29 is 14.2 Å². The van der Waals surface area contributed by atoms with Crippen molar-refractivity contribution in [3.8, 4) is 5.75 Å². The quantitative estimate of drug-likeness (QED) is 0.421. The smallest absolute Gasteiger partial charge is 0.230 e. The highest BCUT2D eigenvalue weighted by Crippen LogP contribution is 2.41. The molecule has 3 aliphatic heterocycles. The number of methoxy groups -OCH3 is 1. The third-order valence-corrected chi connectivity index (χ3v) is 8.08. The molecule has 1 unspecified atom stereocenters. The Bertz CT molecular complexity index is 1410. The summed E-state index contributed by atoms with van der Waals surface area (Å²) in [6, 6.07) is 19.1. The fourth-order valence-electron chi connectivity index (χ4n) is 6.04. The minimum absolute atomic E-state index is 0.0514. The van der Waals surface area contributed by atoms with Gasteiger partial charge in [-0.15, -0.1) is 0 Å². The lowest BCUT2D eigenvalue weighted by Gasteiger charge is -2.38. The highest BCUT2D eigenvalue weighted by molar-refractivity contribution is 5.86. The Labute approximate surface area is 228 Å². The molecule has 9 nitrogen and oxygen atoms in total. The number of nitrogens with zero attached hydrogens (tertiary/aromatic N) is 5. The Morgan fingerprint density at radius 3 is 2.10 bits per heavy atom. The van der Waals surface area contributed by atoms with Gasteiger partial charge >= 0.3 is 0 Å². The number of morpholine rings is 2. The van der Waals surface area contributed by atoms with E-state index in [9.17, 15) is 0 Å². The molecule has 4 aromatic rings. The van der Waals surface area contributed by atoms with E-state index in [1.54, 1.807) is 7.11 Å². The molecule has 5 heterocycles. The molecule has 39 heavy (non-hydrogen) atoms. The fourth-order valence-corrected chi connectivity index (χ4v) is 6.04. The van der Waals surface area contributed by atoms with Gasteiger partial charge in [0, 0.05) is 55.4 Å². The number of rotatable bonds is 5. The number of ether oxygens (including phenoxy) is 3. The van der Waals surface area contributed by atoms with Crippen molar-refractivity contribution in [1.82, 2.24) is 15.0 Å². The van der Waals surface area contributed by atoms with Gasteiger partial charge in [0.25, 0.3) is 0 Å². The standard InChI is InChI=1S/C30H34N6O3/c1-37-22-8-6-21(7-9-22)29-28-24(23-4-2-3-5-25(23)31-28)10-11-36(29)30-32-26(34-12-16-38-17-13-34)20-27(33-30)35-14-18-39-19-15-35/h2-9,20,29,31H,10-19H2,1H3. The maximum atomic E-state index is 5.64. The molecule has 9 heteroatoms. The molecule has 0 amide bonds. The Morgan fingerprint density at radius 2 is 1.46 bits per heavy atom. The highest BCUT2D eigenvalue weighted by atomic mass is 16.5. The van der Waals surface area contributed by atoms with E-state index < -0.39 is 0 Å². The van der Waals surface area contributed by atoms with Crippen molar-refractivity contribution in [3.63, 3.8) is 0 Å². The molecule has 0 radical (unpaired) electrons. The molecule has 2 aromatic heterocycles. The summed E-state index contributed by atoms with van der Waals surface area (Å²) < 4.78 is 16.8. The predicted octanol–water partition coefficient (Wildman–Crippen LogP) is 3.79. The first-order chi connectivity index (χ1) is 19.3. The summed E-state index contributed by atoms with van der Waals surface area (Å²) in [5, 5.41) is 1.29. The Balaban J connectivity index is 1.36. The first-order valence-corrected chi connectivity index (χ1v) is 13.8. The topological polar surface area (TPSA) is 79.0 Å². The van der Waals surface area contributed by atoms with Crippen LogP contribution in [0.2, 0.25) is 0 Å². The van der Waals surface area contributed by atoms with Crippen LogP contribution in [0.25, 0.3) is 10.9 Å². The molecular weight excluding hydrogens is 492 g/mol. The van der Waals surface area contributed by atoms with Gasteiger partial charge in [0.05, 0.1) is 39.6 Å². The summed E-state index contributed by atoms with van der Waals surface area (Å²) in [5.41, 5.74) is 4.93. The molecule has 2 aromatic carbocycles. The lowest BCUT2D eigenvalue weighted by molar-refractivity contribution is 0.122. The normalized spacial score (nSPS) is 19.8. The predicted molar refractivity (Wildman–Crippen MR) is 152 cm³/mol. The van der Waals surface area contributed by atoms with E-state index in [1.165, 1.54) is 27.7 Å². The number of hydrogen-bond donors (Lipinski definition) is 1. The Kier molecular flexibility index (Phi) is 6.46. The number of para-hydroxylation sites is 1. The summed E-state index contributed by atoms with van der Waals surface area (Å²) in [4.78, 5) is 21.2. The SMILES string of the molecule is COc1ccc(C2c3[nH]c4ccccc4c3CCN2c2nc(N3CCOCC3)cc(N3CCOCC3)n2)cc1. The second-order valence-electron chi connectivity index (χ2n) is 10.3. The molecule has 202 valence electrons. The molecule has 2 fully saturated rings. The van der Waals surface area contributed by atoms with Crippen molar-refractivity contribution in [3.05, 3.63) is 71.4 Å². The van der Waals surface area contributed by atoms with Crippen molar-refractivity contribution in [1.29, 1.82) is 0 Å². The minimum Gasteiger partial charge on any atom is -0.497 e. The van der Waals surface area contributed by atoms with Crippen molar-refractivity contribution >= 4 is 28.5 Å². The van der Waals surface area contributed by atoms with Gasteiger partial charge in [0.15, 0.2) is 0 Å². The van der Waals surface area contributed by atoms with E-state index in [0.717, 1.165) is 62.5 Å². The van der Waals surface area contributed by atoms with Gasteiger partial charge < -0.3 is 33.9 Å². The van der Waals surface area contributed by atoms with Crippen LogP contribution in [0.5, 0.6) is 5.75 Å². The summed E-state index contributed by atoms with van der Waals surface area (Å²) >= 11 is 0. The van der Waals surface area contributed by atoms with E-state index in [1.807, 2.05) is 12.1 Å². The van der Waals surface area contributed by atoms with Gasteiger partial charge in [0.1, 0.15) is 17.4 Å². The lowest BCUT2D eigenvalue weighted by Crippen LogP contribution is -2.41. The van der Waals surface area contributed by atoms with Gasteiger partial charge in [-0.05, 0) is 35.7 Å². The molecule has 2 saturated heterocycles. The maximum absolute atomic E-state index is 5.64. The van der Waals surface area contributed by atoms with Gasteiger partial charge in [-0.25, -0.2) is 0 Å². The first-order valence-electron chi connectivity index (χ1n) is 13.8. The number of anilines is 3. The number of fused-ring (bicyclic) bond motifs is 3. The number of aromatic amines is 1. The number of H-pyrrole nitrogens is 1. The second kappa shape index (κ2) is 10.4. The molecule has 1 atom stereocenters. The van der Waals surface area contributed by atoms with Crippen LogP contribution in [-0.4, -0.2) is 81.2 Å². The average Bonchev–Trinajstić information content (AvgIpc) is 3.40. The van der Waals surface area contributed by atoms with Crippen LogP contribution in [0.15, 0.2) is 54.6 Å². The lowest BCUT2D eigenvalue weighted by atomic mass is 9.92. The van der Waals surface area contributed by atoms with Crippen LogP contribution in [0.1, 0.15) is 22.9 Å².